The lowest BCUT2D eigenvalue weighted by Gasteiger charge is -2.18. The van der Waals surface area contributed by atoms with Gasteiger partial charge in [0.25, 0.3) is 5.91 Å². The third kappa shape index (κ3) is 7.24. The molecule has 2 rings (SSSR count). The molecule has 0 radical (unpaired) electrons. The van der Waals surface area contributed by atoms with Crippen molar-refractivity contribution in [2.75, 3.05) is 37.5 Å². The number of carbonyl (C=O) groups excluding carboxylic acids is 3. The summed E-state index contributed by atoms with van der Waals surface area (Å²) in [6.45, 7) is 2.51. The van der Waals surface area contributed by atoms with Crippen LogP contribution in [0.4, 0.5) is 11.4 Å². The second kappa shape index (κ2) is 11.6. The Balaban J connectivity index is 2.01. The number of benzene rings is 2. The zero-order chi connectivity index (χ0) is 21.9. The highest BCUT2D eigenvalue weighted by Gasteiger charge is 2.15. The van der Waals surface area contributed by atoms with E-state index in [1.165, 1.54) is 0 Å². The third-order valence-electron chi connectivity index (χ3n) is 4.41. The summed E-state index contributed by atoms with van der Waals surface area (Å²) in [7, 11) is 3.71. The Morgan fingerprint density at radius 3 is 2.40 bits per heavy atom. The molecule has 160 valence electrons. The molecule has 0 aliphatic rings. The minimum Gasteiger partial charge on any atom is -0.466 e. The van der Waals surface area contributed by atoms with Gasteiger partial charge in [-0.15, -0.1) is 0 Å². The van der Waals surface area contributed by atoms with Crippen LogP contribution in [-0.2, 0) is 20.7 Å². The van der Waals surface area contributed by atoms with Gasteiger partial charge in [-0.3, -0.25) is 14.4 Å². The lowest BCUT2D eigenvalue weighted by molar-refractivity contribution is -0.144. The fourth-order valence-electron chi connectivity index (χ4n) is 2.92. The van der Waals surface area contributed by atoms with E-state index in [0.717, 1.165) is 17.7 Å². The van der Waals surface area contributed by atoms with Crippen molar-refractivity contribution >= 4 is 29.2 Å². The Kier molecular flexibility index (Phi) is 8.87. The first-order valence-electron chi connectivity index (χ1n) is 9.99. The van der Waals surface area contributed by atoms with E-state index < -0.39 is 5.97 Å². The molecule has 30 heavy (non-hydrogen) atoms. The second-order valence-electron chi connectivity index (χ2n) is 6.97. The van der Waals surface area contributed by atoms with Gasteiger partial charge in [-0.1, -0.05) is 30.3 Å². The average molecular weight is 412 g/mol. The predicted octanol–water partition coefficient (Wildman–Crippen LogP) is 3.01. The molecule has 0 heterocycles. The number of hydrogen-bond donors (Lipinski definition) is 2. The smallest absolute Gasteiger partial charge is 0.306 e. The highest BCUT2D eigenvalue weighted by Crippen LogP contribution is 2.23. The van der Waals surface area contributed by atoms with Crippen molar-refractivity contribution in [1.82, 2.24) is 5.32 Å². The number of carbonyl (C=O) groups is 3. The van der Waals surface area contributed by atoms with Crippen molar-refractivity contribution < 1.29 is 19.1 Å². The summed E-state index contributed by atoms with van der Waals surface area (Å²) in [5, 5.41) is 5.68. The molecular formula is C23H29N3O4. The van der Waals surface area contributed by atoms with Crippen LogP contribution in [-0.4, -0.2) is 45.0 Å². The monoisotopic (exact) mass is 411 g/mol. The van der Waals surface area contributed by atoms with E-state index in [-0.39, 0.29) is 31.3 Å². The van der Waals surface area contributed by atoms with Crippen LogP contribution < -0.4 is 15.5 Å². The summed E-state index contributed by atoms with van der Waals surface area (Å²) >= 11 is 0. The number of hydrogen-bond acceptors (Lipinski definition) is 5. The number of nitrogens with one attached hydrogen (secondary N) is 2. The lowest BCUT2D eigenvalue weighted by atomic mass is 10.1. The van der Waals surface area contributed by atoms with Crippen LogP contribution >= 0.6 is 0 Å². The van der Waals surface area contributed by atoms with E-state index in [4.69, 9.17) is 4.74 Å². The normalized spacial score (nSPS) is 10.2. The van der Waals surface area contributed by atoms with Gasteiger partial charge in [0.05, 0.1) is 18.6 Å². The Bertz CT molecular complexity index is 866. The predicted molar refractivity (Wildman–Crippen MR) is 118 cm³/mol. The van der Waals surface area contributed by atoms with Gasteiger partial charge in [0.2, 0.25) is 5.91 Å². The first-order chi connectivity index (χ1) is 14.4. The van der Waals surface area contributed by atoms with Crippen molar-refractivity contribution in [1.29, 1.82) is 0 Å². The van der Waals surface area contributed by atoms with Gasteiger partial charge in [-0.05, 0) is 37.1 Å². The number of anilines is 2. The van der Waals surface area contributed by atoms with Crippen LogP contribution in [0.15, 0.2) is 48.5 Å². The molecule has 7 nitrogen and oxygen atoms in total. The molecule has 2 amide bonds. The van der Waals surface area contributed by atoms with Crippen LogP contribution in [0.1, 0.15) is 35.7 Å². The van der Waals surface area contributed by atoms with Crippen molar-refractivity contribution in [3.63, 3.8) is 0 Å². The molecule has 0 unspecified atom stereocenters. The molecule has 0 saturated heterocycles. The van der Waals surface area contributed by atoms with Crippen molar-refractivity contribution in [2.45, 2.75) is 26.2 Å². The number of rotatable bonds is 10. The van der Waals surface area contributed by atoms with Crippen LogP contribution in [0.2, 0.25) is 0 Å². The van der Waals surface area contributed by atoms with Gasteiger partial charge in [-0.25, -0.2) is 0 Å². The fourth-order valence-corrected chi connectivity index (χ4v) is 2.92. The summed E-state index contributed by atoms with van der Waals surface area (Å²) in [5.74, 6) is -0.928. The first kappa shape index (κ1) is 22.9. The Morgan fingerprint density at radius 1 is 1.00 bits per heavy atom. The minimum absolute atomic E-state index is 0.0162. The Morgan fingerprint density at radius 2 is 1.73 bits per heavy atom. The summed E-state index contributed by atoms with van der Waals surface area (Å²) in [6, 6.07) is 15.1. The van der Waals surface area contributed by atoms with Crippen LogP contribution in [0.5, 0.6) is 0 Å². The third-order valence-corrected chi connectivity index (χ3v) is 4.41. The van der Waals surface area contributed by atoms with Gasteiger partial charge in [0.1, 0.15) is 0 Å². The number of nitrogens with zero attached hydrogens (tertiary/aromatic N) is 1. The minimum atomic E-state index is -0.408. The summed E-state index contributed by atoms with van der Waals surface area (Å²) in [6.07, 6.45) is 0.767. The number of ether oxygens (including phenoxy) is 1. The molecule has 2 aromatic rings. The summed E-state index contributed by atoms with van der Waals surface area (Å²) < 4.78 is 4.83. The SMILES string of the molecule is CCOC(=O)CCC(=O)Nc1ccc(N(C)C)c(C(=O)NCCc2ccccc2)c1. The fraction of sp³-hybridized carbons (Fsp3) is 0.348. The summed E-state index contributed by atoms with van der Waals surface area (Å²) in [5.41, 5.74) is 2.86. The second-order valence-corrected chi connectivity index (χ2v) is 6.97. The van der Waals surface area contributed by atoms with Crippen LogP contribution in [0.3, 0.4) is 0 Å². The van der Waals surface area contributed by atoms with E-state index in [2.05, 4.69) is 10.6 Å². The summed E-state index contributed by atoms with van der Waals surface area (Å²) in [4.78, 5) is 38.1. The highest BCUT2D eigenvalue weighted by molar-refractivity contribution is 6.02. The molecule has 0 fully saturated rings. The lowest BCUT2D eigenvalue weighted by Crippen LogP contribution is -2.28. The maximum absolute atomic E-state index is 12.8. The zero-order valence-corrected chi connectivity index (χ0v) is 17.7. The van der Waals surface area contributed by atoms with Crippen LogP contribution in [0.25, 0.3) is 0 Å². The standard InChI is InChI=1S/C23H29N3O4/c1-4-30-22(28)13-12-21(27)25-18-10-11-20(26(2)3)19(16-18)23(29)24-15-14-17-8-6-5-7-9-17/h5-11,16H,4,12-15H2,1-3H3,(H,24,29)(H,25,27). The van der Waals surface area contributed by atoms with E-state index >= 15 is 0 Å². The maximum atomic E-state index is 12.8. The van der Waals surface area contributed by atoms with Crippen molar-refractivity contribution in [3.05, 3.63) is 59.7 Å². The molecule has 0 aliphatic carbocycles. The molecule has 0 saturated carbocycles. The number of amides is 2. The van der Waals surface area contributed by atoms with E-state index in [1.54, 1.807) is 25.1 Å². The average Bonchev–Trinajstić information content (AvgIpc) is 2.73. The molecule has 2 N–H and O–H groups in total. The topological polar surface area (TPSA) is 87.7 Å². The van der Waals surface area contributed by atoms with Crippen molar-refractivity contribution in [3.8, 4) is 0 Å². The number of esters is 1. The highest BCUT2D eigenvalue weighted by atomic mass is 16.5. The molecule has 7 heteroatoms. The quantitative estimate of drug-likeness (QED) is 0.587. The molecule has 0 atom stereocenters. The molecule has 0 bridgehead atoms. The van der Waals surface area contributed by atoms with E-state index in [9.17, 15) is 14.4 Å². The van der Waals surface area contributed by atoms with Gasteiger partial charge in [0, 0.05) is 38.4 Å². The van der Waals surface area contributed by atoms with Gasteiger partial charge in [0.15, 0.2) is 0 Å². The molecule has 0 spiro atoms. The largest absolute Gasteiger partial charge is 0.466 e. The Labute approximate surface area is 177 Å². The molecule has 0 aliphatic heterocycles. The van der Waals surface area contributed by atoms with Gasteiger partial charge >= 0.3 is 5.97 Å². The zero-order valence-electron chi connectivity index (χ0n) is 17.7. The molecule has 0 aromatic heterocycles. The Hall–Kier alpha value is -3.35. The van der Waals surface area contributed by atoms with Crippen LogP contribution in [0, 0.1) is 0 Å². The maximum Gasteiger partial charge on any atom is 0.306 e. The van der Waals surface area contributed by atoms with Gasteiger partial charge in [-0.2, -0.15) is 0 Å². The van der Waals surface area contributed by atoms with E-state index in [1.807, 2.05) is 49.3 Å². The first-order valence-corrected chi connectivity index (χ1v) is 9.99. The van der Waals surface area contributed by atoms with Gasteiger partial charge < -0.3 is 20.3 Å². The molecule has 2 aromatic carbocycles. The van der Waals surface area contributed by atoms with E-state index in [0.29, 0.717) is 17.8 Å². The van der Waals surface area contributed by atoms with Crippen molar-refractivity contribution in [2.24, 2.45) is 0 Å². The molecular weight excluding hydrogens is 382 g/mol.